The number of morpholine rings is 1. The highest BCUT2D eigenvalue weighted by Crippen LogP contribution is 2.25. The smallest absolute Gasteiger partial charge is 0.0678 e. The van der Waals surface area contributed by atoms with Crippen molar-refractivity contribution >= 4 is 0 Å². The zero-order valence-electron chi connectivity index (χ0n) is 11.2. The van der Waals surface area contributed by atoms with Gasteiger partial charge in [0.15, 0.2) is 0 Å². The quantitative estimate of drug-likeness (QED) is 0.781. The van der Waals surface area contributed by atoms with Crippen molar-refractivity contribution in [2.24, 2.45) is 5.41 Å². The van der Waals surface area contributed by atoms with E-state index < -0.39 is 0 Å². The fraction of sp³-hybridized carbons (Fsp3) is 1.00. The van der Waals surface area contributed by atoms with Gasteiger partial charge in [-0.25, -0.2) is 0 Å². The van der Waals surface area contributed by atoms with E-state index in [0.717, 1.165) is 32.5 Å². The molecule has 0 spiro atoms. The summed E-state index contributed by atoms with van der Waals surface area (Å²) in [6.07, 6.45) is 2.84. The molecule has 3 atom stereocenters. The molecule has 0 aromatic carbocycles. The van der Waals surface area contributed by atoms with Gasteiger partial charge in [-0.2, -0.15) is 0 Å². The van der Waals surface area contributed by atoms with Crippen LogP contribution in [0.2, 0.25) is 0 Å². The molecule has 0 aromatic rings. The second kappa shape index (κ2) is 5.99. The molecule has 0 amide bonds. The summed E-state index contributed by atoms with van der Waals surface area (Å²) in [5.41, 5.74) is 0.0472. The van der Waals surface area contributed by atoms with Crippen LogP contribution in [0.15, 0.2) is 0 Å². The molecule has 3 heteroatoms. The Bertz CT molecular complexity index is 200. The summed E-state index contributed by atoms with van der Waals surface area (Å²) in [6, 6.07) is 0. The fourth-order valence-electron chi connectivity index (χ4n) is 2.76. The van der Waals surface area contributed by atoms with Crippen molar-refractivity contribution in [3.8, 4) is 0 Å². The van der Waals surface area contributed by atoms with Crippen LogP contribution in [-0.2, 0) is 4.74 Å². The van der Waals surface area contributed by atoms with E-state index in [4.69, 9.17) is 4.74 Å². The van der Waals surface area contributed by atoms with Crippen LogP contribution < -0.4 is 0 Å². The van der Waals surface area contributed by atoms with Gasteiger partial charge in [-0.05, 0) is 20.3 Å². The third kappa shape index (κ3) is 4.04. The van der Waals surface area contributed by atoms with Crippen molar-refractivity contribution in [3.63, 3.8) is 0 Å². The highest BCUT2D eigenvalue weighted by atomic mass is 16.5. The molecule has 1 heterocycles. The Hall–Kier alpha value is -0.120. The van der Waals surface area contributed by atoms with Gasteiger partial charge in [0.1, 0.15) is 0 Å². The van der Waals surface area contributed by atoms with Gasteiger partial charge in [-0.15, -0.1) is 0 Å². The van der Waals surface area contributed by atoms with E-state index in [1.165, 1.54) is 0 Å². The Morgan fingerprint density at radius 2 is 1.88 bits per heavy atom. The highest BCUT2D eigenvalue weighted by molar-refractivity contribution is 4.81. The summed E-state index contributed by atoms with van der Waals surface area (Å²) in [6.45, 7) is 11.8. The molecule has 1 N–H and O–H groups in total. The summed E-state index contributed by atoms with van der Waals surface area (Å²) in [5, 5.41) is 9.52. The van der Waals surface area contributed by atoms with Crippen molar-refractivity contribution in [3.05, 3.63) is 0 Å². The highest BCUT2D eigenvalue weighted by Gasteiger charge is 2.29. The first-order chi connectivity index (χ1) is 7.49. The average molecular weight is 229 g/mol. The molecule has 0 radical (unpaired) electrons. The molecule has 1 aliphatic rings. The number of aliphatic hydroxyl groups excluding tert-OH is 1. The molecule has 1 aliphatic heterocycles. The maximum absolute atomic E-state index is 9.52. The Kier molecular flexibility index (Phi) is 5.22. The number of hydrogen-bond acceptors (Lipinski definition) is 3. The van der Waals surface area contributed by atoms with Gasteiger partial charge < -0.3 is 9.84 Å². The molecule has 16 heavy (non-hydrogen) atoms. The third-order valence-electron chi connectivity index (χ3n) is 3.34. The standard InChI is InChI=1S/C13H27NO2/c1-5-6-13(4,10-15)9-14-7-11(2)16-12(3)8-14/h11-12,15H,5-10H2,1-4H3/t11-,12+,13?. The van der Waals surface area contributed by atoms with Crippen LogP contribution in [0.4, 0.5) is 0 Å². The van der Waals surface area contributed by atoms with E-state index in [1.807, 2.05) is 0 Å². The lowest BCUT2D eigenvalue weighted by atomic mass is 9.85. The molecule has 3 nitrogen and oxygen atoms in total. The first-order valence-corrected chi connectivity index (χ1v) is 6.48. The minimum Gasteiger partial charge on any atom is -0.396 e. The summed E-state index contributed by atoms with van der Waals surface area (Å²) >= 11 is 0. The molecular weight excluding hydrogens is 202 g/mol. The Labute approximate surface area is 99.8 Å². The van der Waals surface area contributed by atoms with Crippen molar-refractivity contribution in [1.29, 1.82) is 0 Å². The lowest BCUT2D eigenvalue weighted by Crippen LogP contribution is -2.49. The van der Waals surface area contributed by atoms with Gasteiger partial charge in [-0.1, -0.05) is 20.3 Å². The van der Waals surface area contributed by atoms with E-state index in [0.29, 0.717) is 12.2 Å². The lowest BCUT2D eigenvalue weighted by Gasteiger charge is -2.40. The van der Waals surface area contributed by atoms with Crippen molar-refractivity contribution in [1.82, 2.24) is 4.90 Å². The number of aliphatic hydroxyl groups is 1. The second-order valence-corrected chi connectivity index (χ2v) is 5.67. The number of hydrogen-bond donors (Lipinski definition) is 1. The Morgan fingerprint density at radius 3 is 2.31 bits per heavy atom. The monoisotopic (exact) mass is 229 g/mol. The van der Waals surface area contributed by atoms with E-state index in [9.17, 15) is 5.11 Å². The Morgan fingerprint density at radius 1 is 1.31 bits per heavy atom. The van der Waals surface area contributed by atoms with Gasteiger partial charge in [-0.3, -0.25) is 4.90 Å². The van der Waals surface area contributed by atoms with Gasteiger partial charge in [0.2, 0.25) is 0 Å². The lowest BCUT2D eigenvalue weighted by molar-refractivity contribution is -0.0807. The Balaban J connectivity index is 2.50. The van der Waals surface area contributed by atoms with Crippen LogP contribution in [0, 0.1) is 5.41 Å². The minimum atomic E-state index is 0.0472. The normalized spacial score (nSPS) is 31.3. The summed E-state index contributed by atoms with van der Waals surface area (Å²) in [5.74, 6) is 0. The third-order valence-corrected chi connectivity index (χ3v) is 3.34. The largest absolute Gasteiger partial charge is 0.396 e. The molecule has 0 saturated carbocycles. The van der Waals surface area contributed by atoms with Gasteiger partial charge in [0.05, 0.1) is 12.2 Å². The van der Waals surface area contributed by atoms with Crippen molar-refractivity contribution in [2.45, 2.75) is 52.7 Å². The molecule has 96 valence electrons. The van der Waals surface area contributed by atoms with Crippen LogP contribution in [0.3, 0.4) is 0 Å². The maximum atomic E-state index is 9.52. The summed E-state index contributed by atoms with van der Waals surface area (Å²) < 4.78 is 5.72. The van der Waals surface area contributed by atoms with Gasteiger partial charge >= 0.3 is 0 Å². The summed E-state index contributed by atoms with van der Waals surface area (Å²) in [4.78, 5) is 2.44. The molecule has 0 aromatic heterocycles. The van der Waals surface area contributed by atoms with Crippen LogP contribution in [0.25, 0.3) is 0 Å². The van der Waals surface area contributed by atoms with E-state index >= 15 is 0 Å². The first kappa shape index (κ1) is 13.9. The van der Waals surface area contributed by atoms with Crippen molar-refractivity contribution in [2.75, 3.05) is 26.2 Å². The fourth-order valence-corrected chi connectivity index (χ4v) is 2.76. The molecule has 0 aliphatic carbocycles. The topological polar surface area (TPSA) is 32.7 Å². The van der Waals surface area contributed by atoms with E-state index in [2.05, 4.69) is 32.6 Å². The van der Waals surface area contributed by atoms with E-state index in [-0.39, 0.29) is 12.0 Å². The zero-order chi connectivity index (χ0) is 12.2. The second-order valence-electron chi connectivity index (χ2n) is 5.67. The van der Waals surface area contributed by atoms with Crippen LogP contribution in [-0.4, -0.2) is 48.5 Å². The molecule has 0 bridgehead atoms. The molecule has 1 fully saturated rings. The molecule has 1 rings (SSSR count). The molecular formula is C13H27NO2. The van der Waals surface area contributed by atoms with Crippen molar-refractivity contribution < 1.29 is 9.84 Å². The van der Waals surface area contributed by atoms with Crippen LogP contribution in [0.1, 0.15) is 40.5 Å². The average Bonchev–Trinajstić information content (AvgIpc) is 2.16. The minimum absolute atomic E-state index is 0.0472. The van der Waals surface area contributed by atoms with Gasteiger partial charge in [0.25, 0.3) is 0 Å². The van der Waals surface area contributed by atoms with Crippen LogP contribution in [0.5, 0.6) is 0 Å². The number of rotatable bonds is 5. The predicted molar refractivity (Wildman–Crippen MR) is 66.5 cm³/mol. The predicted octanol–water partition coefficient (Wildman–Crippen LogP) is 1.89. The number of ether oxygens (including phenoxy) is 1. The van der Waals surface area contributed by atoms with Crippen LogP contribution >= 0.6 is 0 Å². The molecule has 1 unspecified atom stereocenters. The summed E-state index contributed by atoms with van der Waals surface area (Å²) in [7, 11) is 0. The first-order valence-electron chi connectivity index (χ1n) is 6.48. The molecule has 1 saturated heterocycles. The zero-order valence-corrected chi connectivity index (χ0v) is 11.2. The number of nitrogens with zero attached hydrogens (tertiary/aromatic N) is 1. The van der Waals surface area contributed by atoms with Gasteiger partial charge in [0, 0.05) is 31.7 Å². The maximum Gasteiger partial charge on any atom is 0.0678 e. The van der Waals surface area contributed by atoms with E-state index in [1.54, 1.807) is 0 Å². The SMILES string of the molecule is CCCC(C)(CO)CN1C[C@@H](C)O[C@@H](C)C1.